The van der Waals surface area contributed by atoms with E-state index in [2.05, 4.69) is 5.32 Å². The van der Waals surface area contributed by atoms with Crippen LogP contribution in [0.4, 0.5) is 0 Å². The van der Waals surface area contributed by atoms with Crippen molar-refractivity contribution in [3.63, 3.8) is 0 Å². The van der Waals surface area contributed by atoms with Gasteiger partial charge in [0.2, 0.25) is 0 Å². The molecule has 0 unspecified atom stereocenters. The Morgan fingerprint density at radius 3 is 2.45 bits per heavy atom. The molecule has 1 aromatic heterocycles. The first-order valence-electron chi connectivity index (χ1n) is 6.75. The zero-order valence-corrected chi connectivity index (χ0v) is 11.7. The molecule has 6 nitrogen and oxygen atoms in total. The van der Waals surface area contributed by atoms with Crippen LogP contribution in [-0.2, 0) is 14.1 Å². The van der Waals surface area contributed by atoms with Gasteiger partial charge >= 0.3 is 5.69 Å². The number of hydrogen-bond acceptors (Lipinski definition) is 3. The van der Waals surface area contributed by atoms with Gasteiger partial charge in [0.25, 0.3) is 5.91 Å². The van der Waals surface area contributed by atoms with Crippen molar-refractivity contribution < 1.29 is 4.79 Å². The number of rotatable bonds is 1. The van der Waals surface area contributed by atoms with Crippen LogP contribution in [0.15, 0.2) is 23.0 Å². The van der Waals surface area contributed by atoms with Crippen LogP contribution in [0.25, 0.3) is 11.0 Å². The van der Waals surface area contributed by atoms with Gasteiger partial charge in [0, 0.05) is 45.8 Å². The summed E-state index contributed by atoms with van der Waals surface area (Å²) in [4.78, 5) is 26.2. The first kappa shape index (κ1) is 12.9. The number of nitrogens with zero attached hydrogens (tertiary/aromatic N) is 3. The first-order valence-corrected chi connectivity index (χ1v) is 6.75. The molecule has 1 aromatic carbocycles. The summed E-state index contributed by atoms with van der Waals surface area (Å²) >= 11 is 0. The average molecular weight is 274 g/mol. The molecule has 106 valence electrons. The lowest BCUT2D eigenvalue weighted by molar-refractivity contribution is 0.0736. The molecule has 0 spiro atoms. The molecule has 0 atom stereocenters. The standard InChI is InChI=1S/C14H18N4O2/c1-16-11-4-3-10(9-12(11)17(2)14(16)20)13(19)18-7-5-15-6-8-18/h3-4,9,15H,5-8H2,1-2H3. The summed E-state index contributed by atoms with van der Waals surface area (Å²) in [6.07, 6.45) is 0. The summed E-state index contributed by atoms with van der Waals surface area (Å²) in [7, 11) is 3.46. The van der Waals surface area contributed by atoms with Crippen molar-refractivity contribution in [3.8, 4) is 0 Å². The number of imidazole rings is 1. The minimum atomic E-state index is -0.0771. The number of aryl methyl sites for hydroxylation is 2. The molecule has 1 aliphatic rings. The van der Waals surface area contributed by atoms with Crippen molar-refractivity contribution in [3.05, 3.63) is 34.2 Å². The topological polar surface area (TPSA) is 59.3 Å². The molecule has 1 fully saturated rings. The van der Waals surface area contributed by atoms with Gasteiger partial charge in [-0.2, -0.15) is 0 Å². The van der Waals surface area contributed by atoms with Crippen LogP contribution in [0.5, 0.6) is 0 Å². The lowest BCUT2D eigenvalue weighted by atomic mass is 10.1. The molecule has 0 aliphatic carbocycles. The van der Waals surface area contributed by atoms with Crippen LogP contribution in [0.1, 0.15) is 10.4 Å². The highest BCUT2D eigenvalue weighted by Crippen LogP contribution is 2.15. The molecule has 2 heterocycles. The Morgan fingerprint density at radius 1 is 1.10 bits per heavy atom. The van der Waals surface area contributed by atoms with Crippen LogP contribution >= 0.6 is 0 Å². The van der Waals surface area contributed by atoms with Crippen molar-refractivity contribution in [1.29, 1.82) is 0 Å². The van der Waals surface area contributed by atoms with E-state index in [0.29, 0.717) is 5.56 Å². The smallest absolute Gasteiger partial charge is 0.328 e. The van der Waals surface area contributed by atoms with Gasteiger partial charge in [0.1, 0.15) is 0 Å². The van der Waals surface area contributed by atoms with Crippen LogP contribution in [0, 0.1) is 0 Å². The third-order valence-electron chi connectivity index (χ3n) is 3.92. The second-order valence-corrected chi connectivity index (χ2v) is 5.15. The van der Waals surface area contributed by atoms with Crippen molar-refractivity contribution in [2.45, 2.75) is 0 Å². The van der Waals surface area contributed by atoms with Gasteiger partial charge in [-0.3, -0.25) is 13.9 Å². The Bertz CT molecular complexity index is 723. The Hall–Kier alpha value is -2.08. The van der Waals surface area contributed by atoms with Gasteiger partial charge in [-0.25, -0.2) is 4.79 Å². The van der Waals surface area contributed by atoms with E-state index in [1.165, 1.54) is 0 Å². The Balaban J connectivity index is 2.02. The van der Waals surface area contributed by atoms with Crippen molar-refractivity contribution in [2.24, 2.45) is 14.1 Å². The SMILES string of the molecule is Cn1c(=O)n(C)c2cc(C(=O)N3CCNCC3)ccc21. The lowest BCUT2D eigenvalue weighted by Crippen LogP contribution is -2.46. The fourth-order valence-corrected chi connectivity index (χ4v) is 2.69. The number of amides is 1. The number of hydrogen-bond donors (Lipinski definition) is 1. The lowest BCUT2D eigenvalue weighted by Gasteiger charge is -2.27. The van der Waals surface area contributed by atoms with E-state index < -0.39 is 0 Å². The van der Waals surface area contributed by atoms with E-state index in [1.54, 1.807) is 35.4 Å². The minimum Gasteiger partial charge on any atom is -0.336 e. The largest absolute Gasteiger partial charge is 0.336 e. The third kappa shape index (κ3) is 1.92. The van der Waals surface area contributed by atoms with Crippen molar-refractivity contribution in [1.82, 2.24) is 19.4 Å². The summed E-state index contributed by atoms with van der Waals surface area (Å²) < 4.78 is 3.16. The molecule has 1 N–H and O–H groups in total. The fraction of sp³-hybridized carbons (Fsp3) is 0.429. The van der Waals surface area contributed by atoms with E-state index >= 15 is 0 Å². The molecule has 1 saturated heterocycles. The number of nitrogens with one attached hydrogen (secondary N) is 1. The maximum absolute atomic E-state index is 12.5. The minimum absolute atomic E-state index is 0.0321. The molecule has 1 amide bonds. The molecule has 0 saturated carbocycles. The number of carbonyl (C=O) groups is 1. The molecule has 0 radical (unpaired) electrons. The van der Waals surface area contributed by atoms with Gasteiger partial charge < -0.3 is 10.2 Å². The highest BCUT2D eigenvalue weighted by molar-refractivity contribution is 5.97. The van der Waals surface area contributed by atoms with E-state index in [-0.39, 0.29) is 11.6 Å². The van der Waals surface area contributed by atoms with E-state index in [1.807, 2.05) is 11.0 Å². The Labute approximate surface area is 116 Å². The van der Waals surface area contributed by atoms with Crippen LogP contribution < -0.4 is 11.0 Å². The second kappa shape index (κ2) is 4.79. The van der Waals surface area contributed by atoms with E-state index in [0.717, 1.165) is 37.2 Å². The van der Waals surface area contributed by atoms with E-state index in [9.17, 15) is 9.59 Å². The van der Waals surface area contributed by atoms with E-state index in [4.69, 9.17) is 0 Å². The molecule has 6 heteroatoms. The van der Waals surface area contributed by atoms with Crippen molar-refractivity contribution in [2.75, 3.05) is 26.2 Å². The van der Waals surface area contributed by atoms with Gasteiger partial charge in [0.15, 0.2) is 0 Å². The highest BCUT2D eigenvalue weighted by Gasteiger charge is 2.19. The molecule has 1 aliphatic heterocycles. The quantitative estimate of drug-likeness (QED) is 0.791. The number of benzene rings is 1. The third-order valence-corrected chi connectivity index (χ3v) is 3.92. The highest BCUT2D eigenvalue weighted by atomic mass is 16.2. The zero-order valence-electron chi connectivity index (χ0n) is 11.7. The molecule has 20 heavy (non-hydrogen) atoms. The summed E-state index contributed by atoms with van der Waals surface area (Å²) in [5.74, 6) is 0.0321. The fourth-order valence-electron chi connectivity index (χ4n) is 2.69. The molecule has 3 rings (SSSR count). The molecular weight excluding hydrogens is 256 g/mol. The van der Waals surface area contributed by atoms with Crippen LogP contribution in [-0.4, -0.2) is 46.1 Å². The van der Waals surface area contributed by atoms with Gasteiger partial charge in [-0.15, -0.1) is 0 Å². The summed E-state index contributed by atoms with van der Waals surface area (Å²) in [6, 6.07) is 5.44. The maximum Gasteiger partial charge on any atom is 0.328 e. The van der Waals surface area contributed by atoms with Crippen molar-refractivity contribution >= 4 is 16.9 Å². The number of fused-ring (bicyclic) bond motifs is 1. The number of aromatic nitrogens is 2. The first-order chi connectivity index (χ1) is 9.59. The van der Waals surface area contributed by atoms with Gasteiger partial charge in [-0.1, -0.05) is 0 Å². The Morgan fingerprint density at radius 2 is 1.75 bits per heavy atom. The van der Waals surface area contributed by atoms with Crippen LogP contribution in [0.3, 0.4) is 0 Å². The number of piperazine rings is 1. The van der Waals surface area contributed by atoms with Crippen LogP contribution in [0.2, 0.25) is 0 Å². The maximum atomic E-state index is 12.5. The number of carbonyl (C=O) groups excluding carboxylic acids is 1. The zero-order chi connectivity index (χ0) is 14.3. The summed E-state index contributed by atoms with van der Waals surface area (Å²) in [6.45, 7) is 3.12. The van der Waals surface area contributed by atoms with Gasteiger partial charge in [-0.05, 0) is 18.2 Å². The predicted molar refractivity (Wildman–Crippen MR) is 76.9 cm³/mol. The molecule has 2 aromatic rings. The predicted octanol–water partition coefficient (Wildman–Crippen LogP) is -0.0776. The monoisotopic (exact) mass is 274 g/mol. The normalized spacial score (nSPS) is 15.8. The van der Waals surface area contributed by atoms with Gasteiger partial charge in [0.05, 0.1) is 11.0 Å². The summed E-state index contributed by atoms with van der Waals surface area (Å²) in [5.41, 5.74) is 2.19. The Kier molecular flexibility index (Phi) is 3.10. The molecular formula is C14H18N4O2. The second-order valence-electron chi connectivity index (χ2n) is 5.15. The summed E-state index contributed by atoms with van der Waals surface area (Å²) in [5, 5.41) is 3.23. The average Bonchev–Trinajstić information content (AvgIpc) is 2.72. The molecule has 0 bridgehead atoms.